The molecule has 3 aromatic rings. The lowest BCUT2D eigenvalue weighted by Gasteiger charge is -2.09. The van der Waals surface area contributed by atoms with Crippen LogP contribution < -0.4 is 14.9 Å². The Bertz CT molecular complexity index is 1120. The van der Waals surface area contributed by atoms with E-state index in [1.54, 1.807) is 48.5 Å². The Morgan fingerprint density at radius 3 is 2.55 bits per heavy atom. The van der Waals surface area contributed by atoms with Gasteiger partial charge in [-0.1, -0.05) is 28.1 Å². The van der Waals surface area contributed by atoms with E-state index in [2.05, 4.69) is 26.5 Å². The van der Waals surface area contributed by atoms with Gasteiger partial charge in [0.05, 0.1) is 23.9 Å². The van der Waals surface area contributed by atoms with Crippen LogP contribution in [0.3, 0.4) is 0 Å². The Morgan fingerprint density at radius 2 is 1.84 bits per heavy atom. The van der Waals surface area contributed by atoms with Crippen molar-refractivity contribution in [3.05, 3.63) is 93.7 Å². The smallest absolute Gasteiger partial charge is 0.343 e. The molecule has 0 aromatic heterocycles. The molecule has 1 N–H and O–H groups in total. The van der Waals surface area contributed by atoms with Crippen molar-refractivity contribution in [2.24, 2.45) is 5.10 Å². The minimum absolute atomic E-state index is 0.129. The number of hydrogen-bond donors (Lipinski definition) is 1. The molecule has 0 unspecified atom stereocenters. The van der Waals surface area contributed by atoms with Crippen LogP contribution in [0.1, 0.15) is 33.2 Å². The summed E-state index contributed by atoms with van der Waals surface area (Å²) in [5.41, 5.74) is 2.91. The number of nitrogens with one attached hydrogen (secondary N) is 1. The van der Waals surface area contributed by atoms with Crippen LogP contribution in [0.25, 0.3) is 0 Å². The summed E-state index contributed by atoms with van der Waals surface area (Å²) in [6, 6.07) is 17.1. The first-order valence-corrected chi connectivity index (χ1v) is 10.1. The van der Waals surface area contributed by atoms with E-state index in [-0.39, 0.29) is 11.3 Å². The van der Waals surface area contributed by atoms with Gasteiger partial charge in [-0.2, -0.15) is 5.10 Å². The average Bonchev–Trinajstić information content (AvgIpc) is 2.76. The lowest BCUT2D eigenvalue weighted by molar-refractivity contribution is 0.0734. The largest absolute Gasteiger partial charge is 0.494 e. The molecule has 6 nitrogen and oxygen atoms in total. The van der Waals surface area contributed by atoms with Crippen LogP contribution in [-0.2, 0) is 0 Å². The minimum atomic E-state index is -0.697. The average molecular weight is 485 g/mol. The third kappa shape index (κ3) is 5.99. The summed E-state index contributed by atoms with van der Waals surface area (Å²) in [5.74, 6) is -1.01. The molecule has 0 aliphatic carbocycles. The molecule has 0 bridgehead atoms. The summed E-state index contributed by atoms with van der Waals surface area (Å²) < 4.78 is 25.3. The van der Waals surface area contributed by atoms with Crippen molar-refractivity contribution in [3.63, 3.8) is 0 Å². The van der Waals surface area contributed by atoms with Gasteiger partial charge < -0.3 is 9.47 Å². The van der Waals surface area contributed by atoms with E-state index in [4.69, 9.17) is 9.47 Å². The lowest BCUT2D eigenvalue weighted by atomic mass is 10.2. The molecule has 31 heavy (non-hydrogen) atoms. The first-order chi connectivity index (χ1) is 15.0. The van der Waals surface area contributed by atoms with Gasteiger partial charge in [-0.3, -0.25) is 4.79 Å². The van der Waals surface area contributed by atoms with Gasteiger partial charge in [0.2, 0.25) is 0 Å². The van der Waals surface area contributed by atoms with Crippen molar-refractivity contribution in [2.45, 2.75) is 6.92 Å². The van der Waals surface area contributed by atoms with Gasteiger partial charge in [0, 0.05) is 10.0 Å². The zero-order valence-electron chi connectivity index (χ0n) is 16.5. The van der Waals surface area contributed by atoms with E-state index >= 15 is 0 Å². The Kier molecular flexibility index (Phi) is 7.50. The third-order valence-electron chi connectivity index (χ3n) is 4.06. The van der Waals surface area contributed by atoms with E-state index in [1.165, 1.54) is 24.4 Å². The quantitative estimate of drug-likeness (QED) is 0.222. The zero-order valence-corrected chi connectivity index (χ0v) is 18.1. The fraction of sp³-hybridized carbons (Fsp3) is 0.0870. The number of ether oxygens (including phenoxy) is 2. The van der Waals surface area contributed by atoms with Crippen LogP contribution >= 0.6 is 15.9 Å². The molecule has 158 valence electrons. The zero-order chi connectivity index (χ0) is 22.2. The summed E-state index contributed by atoms with van der Waals surface area (Å²) in [6.07, 6.45) is 1.31. The van der Waals surface area contributed by atoms with Crippen LogP contribution in [0.15, 0.2) is 76.3 Å². The van der Waals surface area contributed by atoms with Crippen LogP contribution in [0, 0.1) is 5.82 Å². The Hall–Kier alpha value is -3.52. The van der Waals surface area contributed by atoms with Gasteiger partial charge in [-0.25, -0.2) is 14.6 Å². The Labute approximate surface area is 186 Å². The molecule has 0 atom stereocenters. The van der Waals surface area contributed by atoms with Gasteiger partial charge in [-0.15, -0.1) is 0 Å². The molecule has 0 heterocycles. The van der Waals surface area contributed by atoms with Crippen molar-refractivity contribution in [1.29, 1.82) is 0 Å². The molecule has 0 saturated carbocycles. The number of carbonyl (C=O) groups is 2. The van der Waals surface area contributed by atoms with E-state index in [0.29, 0.717) is 23.5 Å². The number of rotatable bonds is 7. The molecule has 1 amide bonds. The highest BCUT2D eigenvalue weighted by Gasteiger charge is 2.13. The standard InChI is InChI=1S/C23H18BrFN2O4/c1-2-30-18-10-7-15(8-11-18)23(29)31-21-12-9-17(24)13-16(21)14-26-27-22(28)19-5-3-4-6-20(19)25/h3-14H,2H2,1H3,(H,27,28)/b26-14+. The molecule has 0 spiro atoms. The normalized spacial score (nSPS) is 10.7. The van der Waals surface area contributed by atoms with Gasteiger partial charge in [-0.05, 0) is 61.5 Å². The molecule has 8 heteroatoms. The first kappa shape index (κ1) is 22.2. The van der Waals surface area contributed by atoms with Crippen LogP contribution in [-0.4, -0.2) is 24.7 Å². The maximum absolute atomic E-state index is 13.7. The van der Waals surface area contributed by atoms with Crippen molar-refractivity contribution < 1.29 is 23.5 Å². The fourth-order valence-electron chi connectivity index (χ4n) is 2.59. The van der Waals surface area contributed by atoms with Crippen LogP contribution in [0.5, 0.6) is 11.5 Å². The van der Waals surface area contributed by atoms with E-state index in [0.717, 1.165) is 4.47 Å². The van der Waals surface area contributed by atoms with Crippen LogP contribution in [0.4, 0.5) is 4.39 Å². The summed E-state index contributed by atoms with van der Waals surface area (Å²) in [4.78, 5) is 24.6. The highest BCUT2D eigenvalue weighted by Crippen LogP contribution is 2.23. The Balaban J connectivity index is 1.72. The second-order valence-electron chi connectivity index (χ2n) is 6.21. The number of carbonyl (C=O) groups excluding carboxylic acids is 2. The summed E-state index contributed by atoms with van der Waals surface area (Å²) in [5, 5.41) is 3.85. The van der Waals surface area contributed by atoms with Crippen molar-refractivity contribution in [1.82, 2.24) is 5.43 Å². The predicted molar refractivity (Wildman–Crippen MR) is 118 cm³/mol. The number of nitrogens with zero attached hydrogens (tertiary/aromatic N) is 1. The Morgan fingerprint density at radius 1 is 1.10 bits per heavy atom. The maximum atomic E-state index is 13.7. The number of amides is 1. The lowest BCUT2D eigenvalue weighted by Crippen LogP contribution is -2.19. The third-order valence-corrected chi connectivity index (χ3v) is 4.56. The van der Waals surface area contributed by atoms with E-state index in [9.17, 15) is 14.0 Å². The summed E-state index contributed by atoms with van der Waals surface area (Å²) in [6.45, 7) is 2.40. The molecule has 0 fully saturated rings. The SMILES string of the molecule is CCOc1ccc(C(=O)Oc2ccc(Br)cc2/C=N/NC(=O)c2ccccc2F)cc1. The highest BCUT2D eigenvalue weighted by atomic mass is 79.9. The molecule has 3 aromatic carbocycles. The van der Waals surface area contributed by atoms with Gasteiger partial charge in [0.25, 0.3) is 5.91 Å². The number of esters is 1. The minimum Gasteiger partial charge on any atom is -0.494 e. The van der Waals surface area contributed by atoms with Gasteiger partial charge in [0.15, 0.2) is 0 Å². The topological polar surface area (TPSA) is 77.0 Å². The molecule has 0 saturated heterocycles. The van der Waals surface area contributed by atoms with Crippen LogP contribution in [0.2, 0.25) is 0 Å². The summed E-state index contributed by atoms with van der Waals surface area (Å²) >= 11 is 3.34. The number of hydrogen-bond acceptors (Lipinski definition) is 5. The molecule has 0 aliphatic rings. The fourth-order valence-corrected chi connectivity index (χ4v) is 2.97. The van der Waals surface area contributed by atoms with E-state index in [1.807, 2.05) is 6.92 Å². The molecule has 3 rings (SSSR count). The number of hydrazone groups is 1. The molecule has 0 radical (unpaired) electrons. The van der Waals surface area contributed by atoms with Gasteiger partial charge in [0.1, 0.15) is 17.3 Å². The maximum Gasteiger partial charge on any atom is 0.343 e. The summed E-state index contributed by atoms with van der Waals surface area (Å²) in [7, 11) is 0. The number of halogens is 2. The monoisotopic (exact) mass is 484 g/mol. The molecular formula is C23H18BrFN2O4. The molecule has 0 aliphatic heterocycles. The second kappa shape index (κ2) is 10.5. The van der Waals surface area contributed by atoms with E-state index < -0.39 is 17.7 Å². The predicted octanol–water partition coefficient (Wildman–Crippen LogP) is 4.97. The van der Waals surface area contributed by atoms with Crippen molar-refractivity contribution >= 4 is 34.0 Å². The second-order valence-corrected chi connectivity index (χ2v) is 7.12. The molecular weight excluding hydrogens is 467 g/mol. The van der Waals surface area contributed by atoms with Gasteiger partial charge >= 0.3 is 5.97 Å². The first-order valence-electron chi connectivity index (χ1n) is 9.30. The highest BCUT2D eigenvalue weighted by molar-refractivity contribution is 9.10. The van der Waals surface area contributed by atoms with Crippen molar-refractivity contribution in [3.8, 4) is 11.5 Å². The number of benzene rings is 3. The van der Waals surface area contributed by atoms with Crippen molar-refractivity contribution in [2.75, 3.05) is 6.61 Å².